The fourth-order valence-corrected chi connectivity index (χ4v) is 3.16. The Bertz CT molecular complexity index is 342. The Morgan fingerprint density at radius 1 is 1.32 bits per heavy atom. The maximum absolute atomic E-state index is 12.3. The molecule has 0 fully saturated rings. The van der Waals surface area contributed by atoms with Crippen molar-refractivity contribution in [1.29, 1.82) is 0 Å². The molecule has 0 saturated heterocycles. The highest BCUT2D eigenvalue weighted by atomic mass is 32.2. The predicted molar refractivity (Wildman–Crippen MR) is 81.4 cm³/mol. The van der Waals surface area contributed by atoms with Crippen LogP contribution in [0.3, 0.4) is 0 Å². The van der Waals surface area contributed by atoms with E-state index in [1.165, 1.54) is 8.61 Å². The van der Waals surface area contributed by atoms with Gasteiger partial charge in [0.1, 0.15) is 0 Å². The highest BCUT2D eigenvalue weighted by Gasteiger charge is 2.24. The fourth-order valence-electron chi connectivity index (χ4n) is 1.70. The van der Waals surface area contributed by atoms with Crippen molar-refractivity contribution in [3.8, 4) is 0 Å². The number of nitrogens with one attached hydrogen (secondary N) is 1. The molecule has 0 unspecified atom stereocenters. The topological polar surface area (TPSA) is 52.7 Å². The molecule has 0 aliphatic heterocycles. The molecule has 0 rings (SSSR count). The number of hydrogen-bond donors (Lipinski definition) is 1. The lowest BCUT2D eigenvalue weighted by Crippen LogP contribution is -2.43. The van der Waals surface area contributed by atoms with Crippen LogP contribution < -0.4 is 5.32 Å². The van der Waals surface area contributed by atoms with E-state index >= 15 is 0 Å². The van der Waals surface area contributed by atoms with Gasteiger partial charge in [-0.05, 0) is 19.4 Å². The van der Waals surface area contributed by atoms with Gasteiger partial charge < -0.3 is 5.32 Å². The van der Waals surface area contributed by atoms with Crippen LogP contribution in [0.15, 0.2) is 12.7 Å². The monoisotopic (exact) mass is 291 g/mol. The van der Waals surface area contributed by atoms with Crippen molar-refractivity contribution < 1.29 is 8.42 Å². The second kappa shape index (κ2) is 9.47. The molecule has 0 aromatic carbocycles. The van der Waals surface area contributed by atoms with Crippen LogP contribution in [0.4, 0.5) is 0 Å². The normalized spacial score (nSPS) is 12.6. The maximum atomic E-state index is 12.3. The van der Waals surface area contributed by atoms with Gasteiger partial charge in [-0.3, -0.25) is 0 Å². The average Bonchev–Trinajstić information content (AvgIpc) is 2.33. The Balaban J connectivity index is 4.38. The quantitative estimate of drug-likeness (QED) is 0.463. The van der Waals surface area contributed by atoms with E-state index in [1.807, 2.05) is 6.92 Å². The van der Waals surface area contributed by atoms with Gasteiger partial charge in [0.25, 0.3) is 10.2 Å². The summed E-state index contributed by atoms with van der Waals surface area (Å²) >= 11 is 0. The van der Waals surface area contributed by atoms with E-state index < -0.39 is 10.2 Å². The van der Waals surface area contributed by atoms with Crippen LogP contribution in [0.1, 0.15) is 33.6 Å². The molecule has 0 aliphatic carbocycles. The van der Waals surface area contributed by atoms with E-state index in [0.717, 1.165) is 19.4 Å². The van der Waals surface area contributed by atoms with Crippen LogP contribution in [0, 0.1) is 0 Å². The summed E-state index contributed by atoms with van der Waals surface area (Å²) in [5.74, 6) is 0. The largest absolute Gasteiger partial charge is 0.314 e. The summed E-state index contributed by atoms with van der Waals surface area (Å²) in [6, 6.07) is 0.430. The summed E-state index contributed by atoms with van der Waals surface area (Å²) in [5.41, 5.74) is 0. The smallest absolute Gasteiger partial charge is 0.282 e. The Hall–Kier alpha value is -0.430. The highest BCUT2D eigenvalue weighted by molar-refractivity contribution is 7.86. The fraction of sp³-hybridized carbons (Fsp3) is 0.846. The van der Waals surface area contributed by atoms with Gasteiger partial charge in [-0.15, -0.1) is 6.58 Å². The molecule has 0 amide bonds. The van der Waals surface area contributed by atoms with Crippen molar-refractivity contribution in [3.63, 3.8) is 0 Å². The molecule has 0 aliphatic rings. The molecule has 0 spiro atoms. The molecule has 6 heteroatoms. The van der Waals surface area contributed by atoms with Crippen molar-refractivity contribution in [2.45, 2.75) is 39.7 Å². The highest BCUT2D eigenvalue weighted by Crippen LogP contribution is 2.08. The summed E-state index contributed by atoms with van der Waals surface area (Å²) in [4.78, 5) is 0. The third kappa shape index (κ3) is 7.06. The molecular formula is C13H29N3O2S. The van der Waals surface area contributed by atoms with Crippen LogP contribution in [0.25, 0.3) is 0 Å². The van der Waals surface area contributed by atoms with Crippen LogP contribution in [0.5, 0.6) is 0 Å². The minimum Gasteiger partial charge on any atom is -0.314 e. The lowest BCUT2D eigenvalue weighted by Gasteiger charge is -2.26. The molecule has 0 aromatic rings. The van der Waals surface area contributed by atoms with E-state index in [1.54, 1.807) is 13.1 Å². The lowest BCUT2D eigenvalue weighted by atomic mass is 10.3. The molecule has 0 saturated carbocycles. The van der Waals surface area contributed by atoms with Crippen LogP contribution in [0.2, 0.25) is 0 Å². The van der Waals surface area contributed by atoms with Crippen molar-refractivity contribution in [2.24, 2.45) is 0 Å². The zero-order valence-electron chi connectivity index (χ0n) is 12.7. The van der Waals surface area contributed by atoms with Gasteiger partial charge >= 0.3 is 0 Å². The molecule has 0 atom stereocenters. The summed E-state index contributed by atoms with van der Waals surface area (Å²) in [6.07, 6.45) is 3.24. The summed E-state index contributed by atoms with van der Waals surface area (Å²) in [5, 5.41) is 3.28. The predicted octanol–water partition coefficient (Wildman–Crippen LogP) is 1.45. The lowest BCUT2D eigenvalue weighted by molar-refractivity contribution is 0.371. The molecule has 0 radical (unpaired) electrons. The van der Waals surface area contributed by atoms with E-state index in [-0.39, 0.29) is 0 Å². The van der Waals surface area contributed by atoms with Crippen LogP contribution in [-0.4, -0.2) is 56.3 Å². The summed E-state index contributed by atoms with van der Waals surface area (Å²) in [7, 11) is -1.72. The van der Waals surface area contributed by atoms with Gasteiger partial charge in [0.15, 0.2) is 0 Å². The van der Waals surface area contributed by atoms with Gasteiger partial charge in [0, 0.05) is 32.7 Å². The molecular weight excluding hydrogens is 262 g/mol. The van der Waals surface area contributed by atoms with Gasteiger partial charge in [-0.2, -0.15) is 17.0 Å². The molecule has 5 nitrogen and oxygen atoms in total. The third-order valence-corrected chi connectivity index (χ3v) is 4.68. The standard InChI is InChI=1S/C13H29N3O2S/c1-6-10-16(11-7-2)19(17,18)15(5)12-8-9-14-13(3)4/h6,13-14H,1,7-12H2,2-5H3. The molecule has 0 aromatic heterocycles. The minimum absolute atomic E-state index is 0.366. The third-order valence-electron chi connectivity index (χ3n) is 2.73. The maximum Gasteiger partial charge on any atom is 0.282 e. The first-order chi connectivity index (χ1) is 8.86. The minimum atomic E-state index is -3.36. The Morgan fingerprint density at radius 3 is 2.42 bits per heavy atom. The first-order valence-electron chi connectivity index (χ1n) is 6.91. The van der Waals surface area contributed by atoms with E-state index in [0.29, 0.717) is 25.7 Å². The molecule has 1 N–H and O–H groups in total. The van der Waals surface area contributed by atoms with Gasteiger partial charge in [-0.25, -0.2) is 0 Å². The van der Waals surface area contributed by atoms with E-state index in [9.17, 15) is 8.42 Å². The molecule has 19 heavy (non-hydrogen) atoms. The number of hydrogen-bond acceptors (Lipinski definition) is 3. The van der Waals surface area contributed by atoms with E-state index in [2.05, 4.69) is 25.7 Å². The van der Waals surface area contributed by atoms with Crippen LogP contribution in [-0.2, 0) is 10.2 Å². The van der Waals surface area contributed by atoms with Crippen molar-refractivity contribution in [3.05, 3.63) is 12.7 Å². The second-order valence-corrected chi connectivity index (χ2v) is 6.97. The average molecular weight is 291 g/mol. The van der Waals surface area contributed by atoms with Gasteiger partial charge in [-0.1, -0.05) is 26.8 Å². The summed E-state index contributed by atoms with van der Waals surface area (Å²) < 4.78 is 27.5. The van der Waals surface area contributed by atoms with Crippen molar-refractivity contribution >= 4 is 10.2 Å². The van der Waals surface area contributed by atoms with Gasteiger partial charge in [0.2, 0.25) is 0 Å². The van der Waals surface area contributed by atoms with Crippen molar-refractivity contribution in [2.75, 3.05) is 33.2 Å². The Kier molecular flexibility index (Phi) is 9.26. The molecule has 0 heterocycles. The summed E-state index contributed by atoms with van der Waals surface area (Å²) in [6.45, 7) is 12.0. The first kappa shape index (κ1) is 18.6. The first-order valence-corrected chi connectivity index (χ1v) is 8.31. The SMILES string of the molecule is C=CCN(CCC)S(=O)(=O)N(C)CCCNC(C)C. The number of nitrogens with zero attached hydrogens (tertiary/aromatic N) is 2. The van der Waals surface area contributed by atoms with Gasteiger partial charge in [0.05, 0.1) is 0 Å². The zero-order valence-corrected chi connectivity index (χ0v) is 13.5. The Labute approximate surface area is 118 Å². The van der Waals surface area contributed by atoms with E-state index in [4.69, 9.17) is 0 Å². The number of rotatable bonds is 11. The molecule has 0 bridgehead atoms. The van der Waals surface area contributed by atoms with Crippen molar-refractivity contribution in [1.82, 2.24) is 13.9 Å². The molecule has 114 valence electrons. The Morgan fingerprint density at radius 2 is 1.95 bits per heavy atom. The van der Waals surface area contributed by atoms with Crippen LogP contribution >= 0.6 is 0 Å². The zero-order chi connectivity index (χ0) is 14.9. The second-order valence-electron chi connectivity index (χ2n) is 4.94.